The smallest absolute Gasteiger partial charge is 0.0542 e. The van der Waals surface area contributed by atoms with Crippen LogP contribution < -0.4 is 0 Å². The molecule has 2 aromatic carbocycles. The summed E-state index contributed by atoms with van der Waals surface area (Å²) in [5.41, 5.74) is 2.73. The normalized spacial score (nSPS) is 12.2. The summed E-state index contributed by atoms with van der Waals surface area (Å²) in [7, 11) is 0. The number of hydrogen-bond donors (Lipinski definition) is 0. The van der Waals surface area contributed by atoms with Crippen LogP contribution in [0.5, 0.6) is 0 Å². The first-order chi connectivity index (χ1) is 9.90. The summed E-state index contributed by atoms with van der Waals surface area (Å²) in [4.78, 5) is 0. The molecule has 0 fully saturated rings. The highest BCUT2D eigenvalue weighted by Crippen LogP contribution is 2.18. The Morgan fingerprint density at radius 1 is 0.900 bits per heavy atom. The van der Waals surface area contributed by atoms with Gasteiger partial charge in [0.25, 0.3) is 0 Å². The summed E-state index contributed by atoms with van der Waals surface area (Å²) in [6.07, 6.45) is 2.17. The molecular formula is C18H21BrO. The number of hydrogen-bond acceptors (Lipinski definition) is 1. The van der Waals surface area contributed by atoms with Crippen LogP contribution in [0.1, 0.15) is 23.5 Å². The minimum absolute atomic E-state index is 0.438. The largest absolute Gasteiger partial charge is 0.381 e. The van der Waals surface area contributed by atoms with Gasteiger partial charge in [0.1, 0.15) is 0 Å². The van der Waals surface area contributed by atoms with Crippen molar-refractivity contribution in [2.45, 2.75) is 18.8 Å². The fourth-order valence-corrected chi connectivity index (χ4v) is 2.76. The average Bonchev–Trinajstić information content (AvgIpc) is 2.53. The van der Waals surface area contributed by atoms with Crippen LogP contribution in [0.25, 0.3) is 0 Å². The van der Waals surface area contributed by atoms with Gasteiger partial charge in [-0.2, -0.15) is 0 Å². The predicted molar refractivity (Wildman–Crippen MR) is 88.6 cm³/mol. The van der Waals surface area contributed by atoms with E-state index in [1.807, 2.05) is 0 Å². The quantitative estimate of drug-likeness (QED) is 0.497. The van der Waals surface area contributed by atoms with E-state index in [2.05, 4.69) is 76.6 Å². The molecule has 1 nitrogen and oxygen atoms in total. The third-order valence-electron chi connectivity index (χ3n) is 3.37. The van der Waals surface area contributed by atoms with Crippen molar-refractivity contribution < 1.29 is 4.74 Å². The molecular weight excluding hydrogens is 312 g/mol. The van der Waals surface area contributed by atoms with Gasteiger partial charge in [0.15, 0.2) is 0 Å². The lowest BCUT2D eigenvalue weighted by atomic mass is 10.0. The van der Waals surface area contributed by atoms with Gasteiger partial charge < -0.3 is 4.74 Å². The number of benzene rings is 2. The zero-order valence-electron chi connectivity index (χ0n) is 11.7. The van der Waals surface area contributed by atoms with E-state index in [9.17, 15) is 0 Å². The highest BCUT2D eigenvalue weighted by Gasteiger charge is 2.09. The number of aryl methyl sites for hydroxylation is 1. The van der Waals surface area contributed by atoms with E-state index in [1.165, 1.54) is 11.1 Å². The van der Waals surface area contributed by atoms with E-state index < -0.39 is 0 Å². The molecule has 0 bridgehead atoms. The Kier molecular flexibility index (Phi) is 6.82. The number of rotatable bonds is 8. The van der Waals surface area contributed by atoms with Crippen LogP contribution in [0.4, 0.5) is 0 Å². The van der Waals surface area contributed by atoms with Crippen LogP contribution in [0.3, 0.4) is 0 Å². The zero-order chi connectivity index (χ0) is 14.0. The van der Waals surface area contributed by atoms with Gasteiger partial charge in [-0.25, -0.2) is 0 Å². The molecule has 0 aromatic heterocycles. The minimum atomic E-state index is 0.438. The highest BCUT2D eigenvalue weighted by atomic mass is 79.9. The van der Waals surface area contributed by atoms with Crippen LogP contribution in [-0.4, -0.2) is 18.5 Å². The molecule has 20 heavy (non-hydrogen) atoms. The maximum Gasteiger partial charge on any atom is 0.0542 e. The molecule has 0 aliphatic heterocycles. The fraction of sp³-hybridized carbons (Fsp3) is 0.333. The van der Waals surface area contributed by atoms with E-state index in [1.54, 1.807) is 0 Å². The molecule has 2 rings (SSSR count). The van der Waals surface area contributed by atoms with E-state index in [4.69, 9.17) is 4.74 Å². The third-order valence-corrected chi connectivity index (χ3v) is 4.15. The fourth-order valence-electron chi connectivity index (χ4n) is 2.20. The van der Waals surface area contributed by atoms with Crippen LogP contribution in [0, 0.1) is 0 Å². The molecule has 106 valence electrons. The van der Waals surface area contributed by atoms with Gasteiger partial charge in [-0.15, -0.1) is 0 Å². The second-order valence-corrected chi connectivity index (χ2v) is 5.57. The van der Waals surface area contributed by atoms with E-state index >= 15 is 0 Å². The van der Waals surface area contributed by atoms with Crippen molar-refractivity contribution >= 4 is 15.9 Å². The van der Waals surface area contributed by atoms with Gasteiger partial charge in [0.2, 0.25) is 0 Å². The average molecular weight is 333 g/mol. The summed E-state index contributed by atoms with van der Waals surface area (Å²) < 4.78 is 5.83. The number of ether oxygens (including phenoxy) is 1. The van der Waals surface area contributed by atoms with Gasteiger partial charge in [-0.05, 0) is 24.0 Å². The standard InChI is InChI=1S/C18H21BrO/c19-14-18(17-11-5-2-6-12-17)15-20-13-7-10-16-8-3-1-4-9-16/h1-6,8-9,11-12,18H,7,10,13-15H2. The van der Waals surface area contributed by atoms with Crippen LogP contribution in [-0.2, 0) is 11.2 Å². The van der Waals surface area contributed by atoms with E-state index in [0.29, 0.717) is 5.92 Å². The van der Waals surface area contributed by atoms with Gasteiger partial charge in [-0.3, -0.25) is 0 Å². The maximum atomic E-state index is 5.83. The van der Waals surface area contributed by atoms with E-state index in [0.717, 1.165) is 31.4 Å². The molecule has 0 amide bonds. The van der Waals surface area contributed by atoms with Gasteiger partial charge in [0.05, 0.1) is 6.61 Å². The second-order valence-electron chi connectivity index (χ2n) is 4.93. The maximum absolute atomic E-state index is 5.83. The molecule has 0 N–H and O–H groups in total. The lowest BCUT2D eigenvalue weighted by molar-refractivity contribution is 0.122. The molecule has 1 unspecified atom stereocenters. The van der Waals surface area contributed by atoms with Crippen molar-refractivity contribution in [2.24, 2.45) is 0 Å². The lowest BCUT2D eigenvalue weighted by Gasteiger charge is -2.14. The summed E-state index contributed by atoms with van der Waals surface area (Å²) in [5.74, 6) is 0.438. The Bertz CT molecular complexity index is 469. The van der Waals surface area contributed by atoms with Gasteiger partial charge >= 0.3 is 0 Å². The molecule has 0 radical (unpaired) electrons. The lowest BCUT2D eigenvalue weighted by Crippen LogP contribution is -2.10. The molecule has 1 atom stereocenters. The summed E-state index contributed by atoms with van der Waals surface area (Å²) in [6.45, 7) is 1.61. The summed E-state index contributed by atoms with van der Waals surface area (Å²) >= 11 is 3.58. The van der Waals surface area contributed by atoms with Crippen molar-refractivity contribution in [3.63, 3.8) is 0 Å². The van der Waals surface area contributed by atoms with Crippen LogP contribution in [0.2, 0.25) is 0 Å². The summed E-state index contributed by atoms with van der Waals surface area (Å²) in [6, 6.07) is 21.1. The molecule has 0 aliphatic carbocycles. The monoisotopic (exact) mass is 332 g/mol. The van der Waals surface area contributed by atoms with Crippen molar-refractivity contribution in [2.75, 3.05) is 18.5 Å². The third kappa shape index (κ3) is 5.10. The van der Waals surface area contributed by atoms with Crippen molar-refractivity contribution in [1.29, 1.82) is 0 Å². The van der Waals surface area contributed by atoms with Crippen molar-refractivity contribution in [3.05, 3.63) is 71.8 Å². The summed E-state index contributed by atoms with van der Waals surface area (Å²) in [5, 5.41) is 0.940. The predicted octanol–water partition coefficient (Wildman–Crippen LogP) is 4.81. The first kappa shape index (κ1) is 15.3. The highest BCUT2D eigenvalue weighted by molar-refractivity contribution is 9.09. The first-order valence-corrected chi connectivity index (χ1v) is 8.25. The number of halogens is 1. The van der Waals surface area contributed by atoms with E-state index in [-0.39, 0.29) is 0 Å². The van der Waals surface area contributed by atoms with Crippen molar-refractivity contribution in [3.8, 4) is 0 Å². The second kappa shape index (κ2) is 8.93. The van der Waals surface area contributed by atoms with Crippen LogP contribution in [0.15, 0.2) is 60.7 Å². The van der Waals surface area contributed by atoms with Crippen molar-refractivity contribution in [1.82, 2.24) is 0 Å². The number of alkyl halides is 1. The molecule has 0 aliphatic rings. The molecule has 0 saturated heterocycles. The zero-order valence-corrected chi connectivity index (χ0v) is 13.3. The Balaban J connectivity index is 1.67. The molecule has 0 saturated carbocycles. The SMILES string of the molecule is BrCC(COCCCc1ccccc1)c1ccccc1. The topological polar surface area (TPSA) is 9.23 Å². The Hall–Kier alpha value is -1.12. The Morgan fingerprint density at radius 3 is 2.20 bits per heavy atom. The molecule has 0 heterocycles. The van der Waals surface area contributed by atoms with Gasteiger partial charge in [0, 0.05) is 17.9 Å². The molecule has 0 spiro atoms. The molecule has 2 heteroatoms. The van der Waals surface area contributed by atoms with Gasteiger partial charge in [-0.1, -0.05) is 76.6 Å². The molecule has 2 aromatic rings. The Morgan fingerprint density at radius 2 is 1.55 bits per heavy atom. The van der Waals surface area contributed by atoms with Crippen LogP contribution >= 0.6 is 15.9 Å². The first-order valence-electron chi connectivity index (χ1n) is 7.12. The Labute approximate surface area is 130 Å². The minimum Gasteiger partial charge on any atom is -0.381 e.